The first kappa shape index (κ1) is 14.6. The summed E-state index contributed by atoms with van der Waals surface area (Å²) in [5.74, 6) is 0.110. The van der Waals surface area contributed by atoms with Crippen LogP contribution >= 0.6 is 11.6 Å². The molecule has 0 amide bonds. The number of hydrogen-bond acceptors (Lipinski definition) is 3. The summed E-state index contributed by atoms with van der Waals surface area (Å²) in [6.07, 6.45) is 3.12. The highest BCUT2D eigenvalue weighted by Crippen LogP contribution is 2.24. The van der Waals surface area contributed by atoms with Crippen LogP contribution in [0, 0.1) is 6.92 Å². The van der Waals surface area contributed by atoms with Crippen molar-refractivity contribution in [2.45, 2.75) is 32.2 Å². The third-order valence-electron chi connectivity index (χ3n) is 3.37. The van der Waals surface area contributed by atoms with Crippen molar-refractivity contribution in [1.29, 1.82) is 0 Å². The fraction of sp³-hybridized carbons (Fsp3) is 0.538. The van der Waals surface area contributed by atoms with Crippen molar-refractivity contribution in [3.63, 3.8) is 0 Å². The zero-order chi connectivity index (χ0) is 13.9. The molecule has 1 aliphatic rings. The summed E-state index contributed by atoms with van der Waals surface area (Å²) in [5, 5.41) is 3.81. The molecule has 1 unspecified atom stereocenters. The van der Waals surface area contributed by atoms with E-state index in [9.17, 15) is 8.42 Å². The van der Waals surface area contributed by atoms with Crippen LogP contribution < -0.4 is 10.0 Å². The first-order chi connectivity index (χ1) is 8.98. The lowest BCUT2D eigenvalue weighted by Gasteiger charge is -2.23. The van der Waals surface area contributed by atoms with Crippen LogP contribution in [0.1, 0.15) is 24.8 Å². The van der Waals surface area contributed by atoms with Crippen LogP contribution in [0.5, 0.6) is 0 Å². The predicted octanol–water partition coefficient (Wildman–Crippen LogP) is 2.53. The minimum absolute atomic E-state index is 0.0470. The highest BCUT2D eigenvalue weighted by atomic mass is 35.5. The van der Waals surface area contributed by atoms with Crippen LogP contribution in [0.2, 0.25) is 5.02 Å². The van der Waals surface area contributed by atoms with E-state index in [1.807, 2.05) is 0 Å². The summed E-state index contributed by atoms with van der Waals surface area (Å²) in [7, 11) is -3.34. The van der Waals surface area contributed by atoms with E-state index in [-0.39, 0.29) is 11.8 Å². The Labute approximate surface area is 119 Å². The number of rotatable bonds is 4. The van der Waals surface area contributed by atoms with E-state index in [1.54, 1.807) is 25.1 Å². The molecule has 1 atom stereocenters. The normalized spacial score (nSPS) is 20.2. The second-order valence-corrected chi connectivity index (χ2v) is 7.12. The van der Waals surface area contributed by atoms with Crippen LogP contribution in [0.25, 0.3) is 0 Å². The van der Waals surface area contributed by atoms with Crippen molar-refractivity contribution in [3.8, 4) is 0 Å². The third kappa shape index (κ3) is 4.09. The van der Waals surface area contributed by atoms with E-state index >= 15 is 0 Å². The molecule has 1 fully saturated rings. The molecule has 1 heterocycles. The molecule has 0 radical (unpaired) electrons. The molecule has 0 aliphatic carbocycles. The van der Waals surface area contributed by atoms with Crippen LogP contribution in [0.3, 0.4) is 0 Å². The number of nitrogens with one attached hydrogen (secondary N) is 2. The molecule has 0 spiro atoms. The van der Waals surface area contributed by atoms with Gasteiger partial charge in [-0.05, 0) is 44.0 Å². The topological polar surface area (TPSA) is 58.2 Å². The van der Waals surface area contributed by atoms with Crippen LogP contribution in [0.15, 0.2) is 18.2 Å². The first-order valence-corrected chi connectivity index (χ1v) is 8.50. The Morgan fingerprint density at radius 3 is 2.89 bits per heavy atom. The molecule has 0 bridgehead atoms. The van der Waals surface area contributed by atoms with E-state index in [1.165, 1.54) is 0 Å². The van der Waals surface area contributed by atoms with Crippen molar-refractivity contribution >= 4 is 27.3 Å². The lowest BCUT2D eigenvalue weighted by Crippen LogP contribution is -2.40. The summed E-state index contributed by atoms with van der Waals surface area (Å²) < 4.78 is 26.9. The van der Waals surface area contributed by atoms with E-state index in [0.717, 1.165) is 31.4 Å². The van der Waals surface area contributed by atoms with Gasteiger partial charge in [-0.2, -0.15) is 0 Å². The van der Waals surface area contributed by atoms with Gasteiger partial charge in [-0.25, -0.2) is 8.42 Å². The maximum atomic E-state index is 12.1. The van der Waals surface area contributed by atoms with Gasteiger partial charge in [-0.3, -0.25) is 4.72 Å². The summed E-state index contributed by atoms with van der Waals surface area (Å²) in [6, 6.07) is 5.27. The number of piperidine rings is 1. The molecule has 0 saturated carbocycles. The monoisotopic (exact) mass is 302 g/mol. The smallest absolute Gasteiger partial charge is 0.234 e. The largest absolute Gasteiger partial charge is 0.313 e. The minimum Gasteiger partial charge on any atom is -0.313 e. The van der Waals surface area contributed by atoms with Crippen molar-refractivity contribution < 1.29 is 8.42 Å². The molecular formula is C13H19ClN2O2S. The Hall–Kier alpha value is -0.780. The number of sulfonamides is 1. The van der Waals surface area contributed by atoms with Crippen LogP contribution in [-0.4, -0.2) is 26.8 Å². The second kappa shape index (κ2) is 6.11. The molecule has 4 nitrogen and oxygen atoms in total. The van der Waals surface area contributed by atoms with Crippen molar-refractivity contribution in [2.75, 3.05) is 17.0 Å². The zero-order valence-electron chi connectivity index (χ0n) is 10.9. The minimum atomic E-state index is -3.34. The van der Waals surface area contributed by atoms with Gasteiger partial charge in [0.2, 0.25) is 10.0 Å². The van der Waals surface area contributed by atoms with E-state index in [4.69, 9.17) is 11.6 Å². The number of anilines is 1. The average molecular weight is 303 g/mol. The lowest BCUT2D eigenvalue weighted by molar-refractivity contribution is 0.424. The molecule has 0 aromatic heterocycles. The Kier molecular flexibility index (Phi) is 4.71. The third-order valence-corrected chi connectivity index (χ3v) is 5.15. The van der Waals surface area contributed by atoms with E-state index in [0.29, 0.717) is 10.7 Å². The number of benzene rings is 1. The summed E-state index contributed by atoms with van der Waals surface area (Å²) in [4.78, 5) is 0. The highest BCUT2D eigenvalue weighted by Gasteiger charge is 2.21. The molecule has 1 saturated heterocycles. The Bertz CT molecular complexity index is 540. The van der Waals surface area contributed by atoms with Crippen molar-refractivity contribution in [3.05, 3.63) is 28.8 Å². The Balaban J connectivity index is 2.06. The molecule has 19 heavy (non-hydrogen) atoms. The van der Waals surface area contributed by atoms with E-state index < -0.39 is 10.0 Å². The predicted molar refractivity (Wildman–Crippen MR) is 79.2 cm³/mol. The van der Waals surface area contributed by atoms with E-state index in [2.05, 4.69) is 10.0 Å². The molecule has 6 heteroatoms. The standard InChI is InChI=1S/C13H19ClN2O2S/c1-10-12(14)6-4-7-13(10)16-19(17,18)9-11-5-2-3-8-15-11/h4,6-7,11,15-16H,2-3,5,8-9H2,1H3. The van der Waals surface area contributed by atoms with Gasteiger partial charge < -0.3 is 5.32 Å². The number of halogens is 1. The SMILES string of the molecule is Cc1c(Cl)cccc1NS(=O)(=O)CC1CCCCN1. The van der Waals surface area contributed by atoms with Crippen LogP contribution in [0.4, 0.5) is 5.69 Å². The van der Waals surface area contributed by atoms with Gasteiger partial charge in [0.25, 0.3) is 0 Å². The molecule has 1 aliphatic heterocycles. The maximum Gasteiger partial charge on any atom is 0.234 e. The summed E-state index contributed by atoms with van der Waals surface area (Å²) in [5.41, 5.74) is 1.31. The van der Waals surface area contributed by atoms with Gasteiger partial charge in [0.05, 0.1) is 11.4 Å². The molecule has 2 N–H and O–H groups in total. The van der Waals surface area contributed by atoms with Gasteiger partial charge in [-0.1, -0.05) is 24.1 Å². The maximum absolute atomic E-state index is 12.1. The number of hydrogen-bond donors (Lipinski definition) is 2. The fourth-order valence-corrected chi connectivity index (χ4v) is 3.89. The molecule has 106 valence electrons. The average Bonchev–Trinajstić information content (AvgIpc) is 2.35. The lowest BCUT2D eigenvalue weighted by atomic mass is 10.1. The molecular weight excluding hydrogens is 284 g/mol. The van der Waals surface area contributed by atoms with Gasteiger partial charge in [0, 0.05) is 11.1 Å². The summed E-state index contributed by atoms with van der Waals surface area (Å²) >= 11 is 5.99. The quantitative estimate of drug-likeness (QED) is 0.898. The van der Waals surface area contributed by atoms with Gasteiger partial charge >= 0.3 is 0 Å². The highest BCUT2D eigenvalue weighted by molar-refractivity contribution is 7.92. The van der Waals surface area contributed by atoms with Gasteiger partial charge in [-0.15, -0.1) is 0 Å². The van der Waals surface area contributed by atoms with Crippen molar-refractivity contribution in [2.24, 2.45) is 0 Å². The molecule has 1 aromatic carbocycles. The summed E-state index contributed by atoms with van der Waals surface area (Å²) in [6.45, 7) is 2.70. The van der Waals surface area contributed by atoms with Gasteiger partial charge in [0.1, 0.15) is 0 Å². The molecule has 1 aromatic rings. The molecule has 2 rings (SSSR count). The Morgan fingerprint density at radius 2 is 2.21 bits per heavy atom. The fourth-order valence-electron chi connectivity index (χ4n) is 2.26. The van der Waals surface area contributed by atoms with Gasteiger partial charge in [0.15, 0.2) is 0 Å². The van der Waals surface area contributed by atoms with Crippen molar-refractivity contribution in [1.82, 2.24) is 5.32 Å². The Morgan fingerprint density at radius 1 is 1.42 bits per heavy atom. The van der Waals surface area contributed by atoms with Crippen LogP contribution in [-0.2, 0) is 10.0 Å². The first-order valence-electron chi connectivity index (χ1n) is 6.47. The zero-order valence-corrected chi connectivity index (χ0v) is 12.5. The second-order valence-electron chi connectivity index (χ2n) is 4.94.